The van der Waals surface area contributed by atoms with Gasteiger partial charge in [-0.25, -0.2) is 0 Å². The van der Waals surface area contributed by atoms with E-state index in [0.29, 0.717) is 6.42 Å². The molecule has 0 aromatic heterocycles. The minimum absolute atomic E-state index is 0.181. The van der Waals surface area contributed by atoms with Gasteiger partial charge in [-0.2, -0.15) is 0 Å². The third-order valence-corrected chi connectivity index (χ3v) is 2.14. The van der Waals surface area contributed by atoms with Crippen LogP contribution in [-0.2, 0) is 0 Å². The number of rotatable bonds is 4. The van der Waals surface area contributed by atoms with E-state index in [0.717, 1.165) is 12.8 Å². The molecule has 0 aliphatic rings. The monoisotopic (exact) mass is 150 g/mol. The normalized spacial score (nSPS) is 12.0. The second kappa shape index (κ2) is 4.00. The lowest BCUT2D eigenvalue weighted by Crippen LogP contribution is -2.33. The van der Waals surface area contributed by atoms with Crippen LogP contribution in [0.2, 0.25) is 6.04 Å². The van der Waals surface area contributed by atoms with Gasteiger partial charge >= 0.3 is 8.80 Å². The van der Waals surface area contributed by atoms with E-state index in [9.17, 15) is 0 Å². The predicted molar refractivity (Wildman–Crippen MR) is 36.7 cm³/mol. The lowest BCUT2D eigenvalue weighted by molar-refractivity contribution is 0.226. The van der Waals surface area contributed by atoms with Crippen LogP contribution in [0.1, 0.15) is 26.2 Å². The molecule has 3 nitrogen and oxygen atoms in total. The molecule has 3 N–H and O–H groups in total. The van der Waals surface area contributed by atoms with Crippen molar-refractivity contribution in [2.24, 2.45) is 0 Å². The van der Waals surface area contributed by atoms with Crippen molar-refractivity contribution in [2.45, 2.75) is 32.2 Å². The first kappa shape index (κ1) is 9.10. The first-order valence-electron chi connectivity index (χ1n) is 3.23. The first-order chi connectivity index (χ1) is 4.06. The van der Waals surface area contributed by atoms with Crippen LogP contribution in [0, 0.1) is 0 Å². The van der Waals surface area contributed by atoms with Gasteiger partial charge in [-0.15, -0.1) is 0 Å². The highest BCUT2D eigenvalue weighted by Gasteiger charge is 2.24. The van der Waals surface area contributed by atoms with Crippen LogP contribution in [0.3, 0.4) is 0 Å². The highest BCUT2D eigenvalue weighted by molar-refractivity contribution is 6.56. The summed E-state index contributed by atoms with van der Waals surface area (Å²) in [5.74, 6) is 0. The molecule has 0 atom stereocenters. The fraction of sp³-hybridized carbons (Fsp3) is 1.00. The SMILES string of the molecule is CCCCC[Si](O)(O)O. The summed E-state index contributed by atoms with van der Waals surface area (Å²) in [4.78, 5) is 25.5. The summed E-state index contributed by atoms with van der Waals surface area (Å²) in [7, 11) is -3.69. The van der Waals surface area contributed by atoms with Crippen LogP contribution in [-0.4, -0.2) is 23.2 Å². The Labute approximate surface area is 56.3 Å². The molecule has 0 aliphatic carbocycles. The highest BCUT2D eigenvalue weighted by Crippen LogP contribution is 2.05. The molecule has 0 radical (unpaired) electrons. The molecule has 0 fully saturated rings. The van der Waals surface area contributed by atoms with Crippen molar-refractivity contribution >= 4 is 8.80 Å². The van der Waals surface area contributed by atoms with E-state index in [1.807, 2.05) is 6.92 Å². The molecule has 0 aliphatic heterocycles. The molecular formula is C5H14O3Si. The molecule has 0 saturated heterocycles. The second-order valence-corrected chi connectivity index (χ2v) is 4.28. The maximum Gasteiger partial charge on any atom is 0.492 e. The maximum atomic E-state index is 8.49. The van der Waals surface area contributed by atoms with Crippen LogP contribution in [0.15, 0.2) is 0 Å². The summed E-state index contributed by atoms with van der Waals surface area (Å²) in [6.07, 6.45) is 2.70. The van der Waals surface area contributed by atoms with Crippen molar-refractivity contribution in [3.8, 4) is 0 Å². The van der Waals surface area contributed by atoms with Gasteiger partial charge in [0.1, 0.15) is 0 Å². The van der Waals surface area contributed by atoms with Crippen molar-refractivity contribution in [1.82, 2.24) is 0 Å². The minimum atomic E-state index is -3.69. The zero-order valence-corrected chi connectivity index (χ0v) is 6.67. The summed E-state index contributed by atoms with van der Waals surface area (Å²) in [6.45, 7) is 2.02. The molecule has 0 bridgehead atoms. The van der Waals surface area contributed by atoms with E-state index in [1.54, 1.807) is 0 Å². The standard InChI is InChI=1S/C5H14O3Si/c1-2-3-4-5-9(6,7)8/h6-8H,2-5H2,1H3. The van der Waals surface area contributed by atoms with Gasteiger partial charge in [0, 0.05) is 6.04 Å². The fourth-order valence-electron chi connectivity index (χ4n) is 0.612. The van der Waals surface area contributed by atoms with Crippen molar-refractivity contribution in [2.75, 3.05) is 0 Å². The summed E-state index contributed by atoms with van der Waals surface area (Å²) in [5.41, 5.74) is 0. The third-order valence-electron chi connectivity index (χ3n) is 1.12. The zero-order chi connectivity index (χ0) is 7.33. The average molecular weight is 150 g/mol. The first-order valence-corrected chi connectivity index (χ1v) is 5.28. The zero-order valence-electron chi connectivity index (χ0n) is 5.67. The van der Waals surface area contributed by atoms with Crippen LogP contribution in [0.5, 0.6) is 0 Å². The summed E-state index contributed by atoms with van der Waals surface area (Å²) < 4.78 is 0. The van der Waals surface area contributed by atoms with Crippen molar-refractivity contribution < 1.29 is 14.4 Å². The van der Waals surface area contributed by atoms with E-state index in [2.05, 4.69) is 0 Å². The Hall–Kier alpha value is 0.0969. The van der Waals surface area contributed by atoms with Crippen molar-refractivity contribution in [3.05, 3.63) is 0 Å². The van der Waals surface area contributed by atoms with Gasteiger partial charge in [-0.1, -0.05) is 19.8 Å². The van der Waals surface area contributed by atoms with Crippen molar-refractivity contribution in [1.29, 1.82) is 0 Å². The maximum absolute atomic E-state index is 8.49. The van der Waals surface area contributed by atoms with Gasteiger partial charge in [0.05, 0.1) is 0 Å². The molecule has 4 heteroatoms. The Morgan fingerprint density at radius 3 is 2.00 bits per heavy atom. The van der Waals surface area contributed by atoms with Crippen LogP contribution in [0.25, 0.3) is 0 Å². The van der Waals surface area contributed by atoms with Gasteiger partial charge in [-0.3, -0.25) is 0 Å². The van der Waals surface area contributed by atoms with E-state index < -0.39 is 8.80 Å². The molecule has 0 unspecified atom stereocenters. The van der Waals surface area contributed by atoms with Crippen LogP contribution in [0.4, 0.5) is 0 Å². The third kappa shape index (κ3) is 8.10. The molecule has 0 spiro atoms. The molecule has 0 rings (SSSR count). The Bertz CT molecular complexity index is 69.1. The Morgan fingerprint density at radius 2 is 1.67 bits per heavy atom. The van der Waals surface area contributed by atoms with Gasteiger partial charge < -0.3 is 14.4 Å². The van der Waals surface area contributed by atoms with E-state index in [-0.39, 0.29) is 6.04 Å². The number of hydrogen-bond donors (Lipinski definition) is 3. The van der Waals surface area contributed by atoms with Crippen LogP contribution < -0.4 is 0 Å². The smallest absolute Gasteiger partial charge is 0.390 e. The average Bonchev–Trinajstić information content (AvgIpc) is 1.63. The van der Waals surface area contributed by atoms with E-state index >= 15 is 0 Å². The molecular weight excluding hydrogens is 136 g/mol. The van der Waals surface area contributed by atoms with E-state index in [4.69, 9.17) is 14.4 Å². The molecule has 0 aromatic carbocycles. The minimum Gasteiger partial charge on any atom is -0.390 e. The fourth-order valence-corrected chi connectivity index (χ4v) is 1.34. The quantitative estimate of drug-likeness (QED) is 0.393. The Kier molecular flexibility index (Phi) is 4.04. The number of unbranched alkanes of at least 4 members (excludes halogenated alkanes) is 2. The molecule has 0 aromatic rings. The number of hydrogen-bond acceptors (Lipinski definition) is 3. The summed E-state index contributed by atoms with van der Waals surface area (Å²) >= 11 is 0. The van der Waals surface area contributed by atoms with Gasteiger partial charge in [0.15, 0.2) is 0 Å². The van der Waals surface area contributed by atoms with Crippen LogP contribution >= 0.6 is 0 Å². The molecule has 9 heavy (non-hydrogen) atoms. The van der Waals surface area contributed by atoms with Gasteiger partial charge in [0.25, 0.3) is 0 Å². The topological polar surface area (TPSA) is 60.7 Å². The highest BCUT2D eigenvalue weighted by atomic mass is 28.4. The van der Waals surface area contributed by atoms with E-state index in [1.165, 1.54) is 0 Å². The summed E-state index contributed by atoms with van der Waals surface area (Å²) in [5, 5.41) is 0. The lowest BCUT2D eigenvalue weighted by Gasteiger charge is -2.06. The predicted octanol–water partition coefficient (Wildman–Crippen LogP) is 0.0924. The van der Waals surface area contributed by atoms with Gasteiger partial charge in [0.2, 0.25) is 0 Å². The van der Waals surface area contributed by atoms with Crippen molar-refractivity contribution in [3.63, 3.8) is 0 Å². The summed E-state index contributed by atoms with van der Waals surface area (Å²) in [6, 6.07) is 0.181. The molecule has 0 heterocycles. The Balaban J connectivity index is 3.07. The Morgan fingerprint density at radius 1 is 1.11 bits per heavy atom. The largest absolute Gasteiger partial charge is 0.492 e. The molecule has 56 valence electrons. The molecule has 0 amide bonds. The molecule has 0 saturated carbocycles. The lowest BCUT2D eigenvalue weighted by atomic mass is 10.3. The second-order valence-electron chi connectivity index (χ2n) is 2.23. The van der Waals surface area contributed by atoms with Gasteiger partial charge in [-0.05, 0) is 6.42 Å².